The third kappa shape index (κ3) is 3.94. The molecule has 2 aliphatic rings. The summed E-state index contributed by atoms with van der Waals surface area (Å²) in [5.41, 5.74) is 4.63. The van der Waals surface area contributed by atoms with E-state index < -0.39 is 0 Å². The summed E-state index contributed by atoms with van der Waals surface area (Å²) in [7, 11) is 2.29. The lowest BCUT2D eigenvalue weighted by Crippen LogP contribution is -2.53. The van der Waals surface area contributed by atoms with Gasteiger partial charge in [-0.15, -0.1) is 24.8 Å². The van der Waals surface area contributed by atoms with Crippen LogP contribution in [0.25, 0.3) is 0 Å². The Bertz CT molecular complexity index is 482. The molecule has 0 radical (unpaired) electrons. The van der Waals surface area contributed by atoms with Crippen LogP contribution in [0.4, 0.5) is 0 Å². The zero-order valence-electron chi connectivity index (χ0n) is 12.7. The Kier molecular flexibility index (Phi) is 7.48. The van der Waals surface area contributed by atoms with Crippen molar-refractivity contribution in [3.63, 3.8) is 0 Å². The van der Waals surface area contributed by atoms with Crippen LogP contribution < -0.4 is 5.32 Å². The van der Waals surface area contributed by atoms with Gasteiger partial charge in [-0.25, -0.2) is 0 Å². The fourth-order valence-electron chi connectivity index (χ4n) is 3.71. The minimum Gasteiger partial charge on any atom is -0.314 e. The van der Waals surface area contributed by atoms with E-state index in [1.807, 2.05) is 0 Å². The van der Waals surface area contributed by atoms with Gasteiger partial charge in [0.25, 0.3) is 0 Å². The quantitative estimate of drug-likeness (QED) is 0.781. The van der Waals surface area contributed by atoms with Gasteiger partial charge in [-0.3, -0.25) is 0 Å². The highest BCUT2D eigenvalue weighted by molar-refractivity contribution is 9.10. The predicted molar refractivity (Wildman–Crippen MR) is 98.2 cm³/mol. The molecular formula is C16H25BrCl2N2. The third-order valence-corrected chi connectivity index (χ3v) is 5.69. The largest absolute Gasteiger partial charge is 0.314 e. The van der Waals surface area contributed by atoms with E-state index in [0.29, 0.717) is 6.04 Å². The van der Waals surface area contributed by atoms with Gasteiger partial charge in [0, 0.05) is 30.1 Å². The Morgan fingerprint density at radius 1 is 1.24 bits per heavy atom. The number of nitrogens with zero attached hydrogens (tertiary/aromatic N) is 1. The second-order valence-electron chi connectivity index (χ2n) is 6.08. The van der Waals surface area contributed by atoms with Crippen molar-refractivity contribution >= 4 is 40.7 Å². The van der Waals surface area contributed by atoms with E-state index in [0.717, 1.165) is 19.0 Å². The summed E-state index contributed by atoms with van der Waals surface area (Å²) >= 11 is 3.72. The molecule has 1 aromatic rings. The highest BCUT2D eigenvalue weighted by atomic mass is 79.9. The van der Waals surface area contributed by atoms with Crippen LogP contribution in [0, 0.1) is 12.8 Å². The lowest BCUT2D eigenvalue weighted by Gasteiger charge is -2.41. The predicted octanol–water partition coefficient (Wildman–Crippen LogP) is 3.61. The van der Waals surface area contributed by atoms with Crippen molar-refractivity contribution in [1.82, 2.24) is 10.2 Å². The monoisotopic (exact) mass is 394 g/mol. The number of halogens is 3. The molecule has 3 rings (SSSR count). The molecule has 1 aliphatic carbocycles. The Balaban J connectivity index is 0.00000110. The third-order valence-electron chi connectivity index (χ3n) is 4.94. The fourth-order valence-corrected chi connectivity index (χ4v) is 4.28. The molecule has 1 saturated heterocycles. The van der Waals surface area contributed by atoms with Gasteiger partial charge in [0.1, 0.15) is 0 Å². The van der Waals surface area contributed by atoms with Crippen molar-refractivity contribution in [2.75, 3.05) is 26.7 Å². The van der Waals surface area contributed by atoms with Crippen LogP contribution in [0.15, 0.2) is 16.6 Å². The molecule has 21 heavy (non-hydrogen) atoms. The van der Waals surface area contributed by atoms with E-state index in [1.54, 1.807) is 11.1 Å². The van der Waals surface area contributed by atoms with E-state index in [4.69, 9.17) is 0 Å². The number of piperazine rings is 1. The smallest absolute Gasteiger partial charge is 0.0249 e. The van der Waals surface area contributed by atoms with Crippen molar-refractivity contribution in [2.24, 2.45) is 5.92 Å². The van der Waals surface area contributed by atoms with Crippen LogP contribution >= 0.6 is 40.7 Å². The van der Waals surface area contributed by atoms with Crippen LogP contribution in [-0.2, 0) is 12.8 Å². The van der Waals surface area contributed by atoms with Crippen LogP contribution in [0.1, 0.15) is 23.1 Å². The average Bonchev–Trinajstić information content (AvgIpc) is 2.43. The fraction of sp³-hybridized carbons (Fsp3) is 0.625. The minimum absolute atomic E-state index is 0. The van der Waals surface area contributed by atoms with Gasteiger partial charge < -0.3 is 10.2 Å². The summed E-state index contributed by atoms with van der Waals surface area (Å²) in [5, 5.41) is 3.56. The molecule has 1 heterocycles. The molecule has 1 fully saturated rings. The number of aryl methyl sites for hydroxylation is 1. The first-order valence-corrected chi connectivity index (χ1v) is 8.14. The molecule has 120 valence electrons. The van der Waals surface area contributed by atoms with Crippen molar-refractivity contribution in [2.45, 2.75) is 32.2 Å². The van der Waals surface area contributed by atoms with Crippen LogP contribution in [0.3, 0.4) is 0 Å². The molecule has 2 nitrogen and oxygen atoms in total. The second-order valence-corrected chi connectivity index (χ2v) is 6.93. The number of benzene rings is 1. The van der Waals surface area contributed by atoms with E-state index >= 15 is 0 Å². The maximum Gasteiger partial charge on any atom is 0.0249 e. The molecule has 0 spiro atoms. The highest BCUT2D eigenvalue weighted by Crippen LogP contribution is 2.35. The molecule has 5 heteroatoms. The zero-order chi connectivity index (χ0) is 13.4. The molecule has 0 saturated carbocycles. The van der Waals surface area contributed by atoms with Crippen molar-refractivity contribution in [1.29, 1.82) is 0 Å². The molecule has 1 aromatic carbocycles. The zero-order valence-corrected chi connectivity index (χ0v) is 15.9. The summed E-state index contributed by atoms with van der Waals surface area (Å²) in [5.74, 6) is 0.804. The van der Waals surface area contributed by atoms with Gasteiger partial charge in [0.2, 0.25) is 0 Å². The van der Waals surface area contributed by atoms with Crippen LogP contribution in [-0.4, -0.2) is 37.6 Å². The van der Waals surface area contributed by atoms with E-state index in [9.17, 15) is 0 Å². The maximum atomic E-state index is 3.72. The average molecular weight is 396 g/mol. The van der Waals surface area contributed by atoms with Gasteiger partial charge >= 0.3 is 0 Å². The Hall–Kier alpha value is 0.200. The van der Waals surface area contributed by atoms with Gasteiger partial charge in [-0.05, 0) is 61.9 Å². The van der Waals surface area contributed by atoms with Gasteiger partial charge in [0.05, 0.1) is 0 Å². The Morgan fingerprint density at radius 3 is 2.71 bits per heavy atom. The van der Waals surface area contributed by atoms with E-state index in [1.165, 1.54) is 35.8 Å². The summed E-state index contributed by atoms with van der Waals surface area (Å²) in [4.78, 5) is 2.56. The molecular weight excluding hydrogens is 371 g/mol. The first-order chi connectivity index (χ1) is 9.16. The molecule has 1 aliphatic heterocycles. The lowest BCUT2D eigenvalue weighted by molar-refractivity contribution is 0.133. The standard InChI is InChI=1S/C16H23BrN2.2ClH/c1-11-3-6-15(17)13-5-4-12(9-14(11)13)16-10-18-7-8-19(16)2;;/h3,6,12,16,18H,4-5,7-10H2,1-2H3;2*1H. The van der Waals surface area contributed by atoms with Crippen molar-refractivity contribution in [3.05, 3.63) is 33.3 Å². The topological polar surface area (TPSA) is 15.3 Å². The SMILES string of the molecule is Cc1ccc(Br)c2c1CC(C1CNCCN1C)CC2.Cl.Cl. The number of fused-ring (bicyclic) bond motifs is 1. The van der Waals surface area contributed by atoms with Gasteiger partial charge in [-0.1, -0.05) is 22.0 Å². The molecule has 1 N–H and O–H groups in total. The molecule has 0 aromatic heterocycles. The Labute approximate surface area is 149 Å². The first kappa shape index (κ1) is 19.2. The number of hydrogen-bond donors (Lipinski definition) is 1. The van der Waals surface area contributed by atoms with Gasteiger partial charge in [-0.2, -0.15) is 0 Å². The summed E-state index contributed by atoms with van der Waals surface area (Å²) in [6.07, 6.45) is 3.80. The van der Waals surface area contributed by atoms with E-state index in [2.05, 4.69) is 52.3 Å². The van der Waals surface area contributed by atoms with Gasteiger partial charge in [0.15, 0.2) is 0 Å². The van der Waals surface area contributed by atoms with Crippen LogP contribution in [0.2, 0.25) is 0 Å². The molecule has 2 unspecified atom stereocenters. The number of hydrogen-bond acceptors (Lipinski definition) is 2. The normalized spacial score (nSPS) is 25.5. The highest BCUT2D eigenvalue weighted by Gasteiger charge is 2.31. The molecule has 0 amide bonds. The van der Waals surface area contributed by atoms with E-state index in [-0.39, 0.29) is 24.8 Å². The van der Waals surface area contributed by atoms with Crippen LogP contribution in [0.5, 0.6) is 0 Å². The minimum atomic E-state index is 0. The Morgan fingerprint density at radius 2 is 2.00 bits per heavy atom. The number of likely N-dealkylation sites (N-methyl/N-ethyl adjacent to an activating group) is 1. The summed E-state index contributed by atoms with van der Waals surface area (Å²) in [6.45, 7) is 5.74. The molecule has 2 atom stereocenters. The first-order valence-electron chi connectivity index (χ1n) is 7.34. The summed E-state index contributed by atoms with van der Waals surface area (Å²) < 4.78 is 1.31. The summed E-state index contributed by atoms with van der Waals surface area (Å²) in [6, 6.07) is 5.18. The number of rotatable bonds is 1. The second kappa shape index (κ2) is 8.16. The van der Waals surface area contributed by atoms with Crippen molar-refractivity contribution in [3.8, 4) is 0 Å². The molecule has 0 bridgehead atoms. The maximum absolute atomic E-state index is 3.72. The number of nitrogens with one attached hydrogen (secondary N) is 1. The van der Waals surface area contributed by atoms with Crippen molar-refractivity contribution < 1.29 is 0 Å². The lowest BCUT2D eigenvalue weighted by atomic mass is 9.77.